The molecule has 1 aliphatic rings. The van der Waals surface area contributed by atoms with Crippen molar-refractivity contribution in [2.45, 2.75) is 38.6 Å². The van der Waals surface area contributed by atoms with Crippen molar-refractivity contribution in [3.63, 3.8) is 0 Å². The summed E-state index contributed by atoms with van der Waals surface area (Å²) in [5, 5.41) is 3.53. The van der Waals surface area contributed by atoms with Crippen molar-refractivity contribution < 1.29 is 4.79 Å². The Morgan fingerprint density at radius 1 is 1.26 bits per heavy atom. The second-order valence-electron chi connectivity index (χ2n) is 5.52. The lowest BCUT2D eigenvalue weighted by atomic mass is 10.0. The molecule has 0 unspecified atom stereocenters. The quantitative estimate of drug-likeness (QED) is 0.879. The Kier molecular flexibility index (Phi) is 4.30. The van der Waals surface area contributed by atoms with E-state index in [4.69, 9.17) is 5.73 Å². The zero-order valence-corrected chi connectivity index (χ0v) is 11.7. The van der Waals surface area contributed by atoms with Crippen molar-refractivity contribution in [3.8, 4) is 0 Å². The van der Waals surface area contributed by atoms with Gasteiger partial charge in [-0.1, -0.05) is 26.0 Å². The van der Waals surface area contributed by atoms with Gasteiger partial charge >= 0.3 is 6.03 Å². The van der Waals surface area contributed by atoms with Gasteiger partial charge in [0.05, 0.1) is 0 Å². The van der Waals surface area contributed by atoms with E-state index in [1.165, 1.54) is 5.56 Å². The molecule has 1 aromatic rings. The smallest absolute Gasteiger partial charge is 0.314 e. The number of benzene rings is 1. The number of anilines is 1. The topological polar surface area (TPSA) is 58.4 Å². The van der Waals surface area contributed by atoms with Crippen molar-refractivity contribution in [2.24, 2.45) is 5.73 Å². The van der Waals surface area contributed by atoms with E-state index >= 15 is 0 Å². The van der Waals surface area contributed by atoms with E-state index in [0.717, 1.165) is 31.6 Å². The minimum atomic E-state index is -0.306. The van der Waals surface area contributed by atoms with Gasteiger partial charge in [0.15, 0.2) is 0 Å². The van der Waals surface area contributed by atoms with Crippen LogP contribution in [-0.2, 0) is 0 Å². The Balaban J connectivity index is 1.87. The molecule has 1 aliphatic heterocycles. The summed E-state index contributed by atoms with van der Waals surface area (Å²) >= 11 is 0. The fourth-order valence-electron chi connectivity index (χ4n) is 2.44. The Hall–Kier alpha value is -1.71. The molecule has 0 bridgehead atoms. The third kappa shape index (κ3) is 3.63. The molecule has 1 fully saturated rings. The number of likely N-dealkylation sites (tertiary alicyclic amines) is 1. The van der Waals surface area contributed by atoms with Crippen molar-refractivity contribution in [1.82, 2.24) is 4.90 Å². The first kappa shape index (κ1) is 13.7. The van der Waals surface area contributed by atoms with E-state index in [1.807, 2.05) is 0 Å². The standard InChI is InChI=1S/C15H23N3O/c1-11(2)12-3-5-13(6-4-12)17-14-7-9-18(10-8-14)15(16)19/h3-6,11,14,17H,7-10H2,1-2H3,(H2,16,19). The molecule has 1 heterocycles. The maximum Gasteiger partial charge on any atom is 0.314 e. The molecule has 4 nitrogen and oxygen atoms in total. The average Bonchev–Trinajstić information content (AvgIpc) is 2.40. The fraction of sp³-hybridized carbons (Fsp3) is 0.533. The number of hydrogen-bond donors (Lipinski definition) is 2. The largest absolute Gasteiger partial charge is 0.382 e. The lowest BCUT2D eigenvalue weighted by Gasteiger charge is -2.31. The lowest BCUT2D eigenvalue weighted by Crippen LogP contribution is -2.44. The number of carbonyl (C=O) groups is 1. The van der Waals surface area contributed by atoms with Gasteiger partial charge in [0.2, 0.25) is 0 Å². The Morgan fingerprint density at radius 3 is 2.32 bits per heavy atom. The second kappa shape index (κ2) is 5.95. The second-order valence-corrected chi connectivity index (χ2v) is 5.52. The van der Waals surface area contributed by atoms with Gasteiger partial charge in [-0.15, -0.1) is 0 Å². The monoisotopic (exact) mass is 261 g/mol. The highest BCUT2D eigenvalue weighted by Gasteiger charge is 2.20. The van der Waals surface area contributed by atoms with Crippen molar-refractivity contribution in [1.29, 1.82) is 0 Å². The number of urea groups is 1. The molecule has 2 amide bonds. The molecule has 0 aromatic heterocycles. The molecule has 0 spiro atoms. The molecule has 2 rings (SSSR count). The van der Waals surface area contributed by atoms with E-state index in [9.17, 15) is 4.79 Å². The normalized spacial score (nSPS) is 16.7. The Bertz CT molecular complexity index is 420. The molecule has 104 valence electrons. The van der Waals surface area contributed by atoms with Crippen LogP contribution in [0.4, 0.5) is 10.5 Å². The minimum absolute atomic E-state index is 0.306. The van der Waals surface area contributed by atoms with Crippen LogP contribution in [0.25, 0.3) is 0 Å². The van der Waals surface area contributed by atoms with E-state index in [2.05, 4.69) is 43.4 Å². The van der Waals surface area contributed by atoms with Gasteiger partial charge in [0.1, 0.15) is 0 Å². The molecule has 0 radical (unpaired) electrons. The van der Waals surface area contributed by atoms with Gasteiger partial charge in [-0.25, -0.2) is 4.79 Å². The average molecular weight is 261 g/mol. The summed E-state index contributed by atoms with van der Waals surface area (Å²) in [5.41, 5.74) is 7.79. The van der Waals surface area contributed by atoms with Crippen molar-refractivity contribution >= 4 is 11.7 Å². The summed E-state index contributed by atoms with van der Waals surface area (Å²) in [6.07, 6.45) is 1.91. The number of amides is 2. The summed E-state index contributed by atoms with van der Waals surface area (Å²) < 4.78 is 0. The maximum absolute atomic E-state index is 11.0. The van der Waals surface area contributed by atoms with E-state index in [1.54, 1.807) is 4.90 Å². The van der Waals surface area contributed by atoms with Crippen LogP contribution in [-0.4, -0.2) is 30.1 Å². The molecular weight excluding hydrogens is 238 g/mol. The van der Waals surface area contributed by atoms with Gasteiger partial charge in [0.25, 0.3) is 0 Å². The number of rotatable bonds is 3. The first-order chi connectivity index (χ1) is 9.06. The maximum atomic E-state index is 11.0. The molecule has 0 saturated carbocycles. The summed E-state index contributed by atoms with van der Waals surface area (Å²) in [6, 6.07) is 8.74. The predicted molar refractivity (Wildman–Crippen MR) is 78.3 cm³/mol. The number of piperidine rings is 1. The molecule has 1 saturated heterocycles. The highest BCUT2D eigenvalue weighted by atomic mass is 16.2. The number of primary amides is 1. The zero-order valence-electron chi connectivity index (χ0n) is 11.7. The predicted octanol–water partition coefficient (Wildman–Crippen LogP) is 2.77. The van der Waals surface area contributed by atoms with Gasteiger partial charge in [-0.05, 0) is 36.5 Å². The fourth-order valence-corrected chi connectivity index (χ4v) is 2.44. The molecular formula is C15H23N3O. The summed E-state index contributed by atoms with van der Waals surface area (Å²) in [4.78, 5) is 12.8. The minimum Gasteiger partial charge on any atom is -0.382 e. The van der Waals surface area contributed by atoms with Crippen LogP contribution in [0.1, 0.15) is 38.2 Å². The molecule has 1 aromatic carbocycles. The van der Waals surface area contributed by atoms with Gasteiger partial charge in [-0.2, -0.15) is 0 Å². The van der Waals surface area contributed by atoms with Crippen LogP contribution >= 0.6 is 0 Å². The Labute approximate surface area is 115 Å². The van der Waals surface area contributed by atoms with E-state index in [-0.39, 0.29) is 6.03 Å². The van der Waals surface area contributed by atoms with E-state index in [0.29, 0.717) is 12.0 Å². The lowest BCUT2D eigenvalue weighted by molar-refractivity contribution is 0.193. The van der Waals surface area contributed by atoms with Gasteiger partial charge in [-0.3, -0.25) is 0 Å². The molecule has 3 N–H and O–H groups in total. The van der Waals surface area contributed by atoms with Crippen LogP contribution in [0.2, 0.25) is 0 Å². The highest BCUT2D eigenvalue weighted by molar-refractivity contribution is 5.72. The van der Waals surface area contributed by atoms with Gasteiger partial charge in [0, 0.05) is 24.8 Å². The number of carbonyl (C=O) groups excluding carboxylic acids is 1. The third-order valence-corrected chi connectivity index (χ3v) is 3.75. The summed E-state index contributed by atoms with van der Waals surface area (Å²) in [6.45, 7) is 5.89. The SMILES string of the molecule is CC(C)c1ccc(NC2CCN(C(N)=O)CC2)cc1. The molecule has 0 atom stereocenters. The first-order valence-electron chi connectivity index (χ1n) is 6.97. The Morgan fingerprint density at radius 2 is 1.84 bits per heavy atom. The van der Waals surface area contributed by atoms with Crippen LogP contribution in [0.15, 0.2) is 24.3 Å². The zero-order chi connectivity index (χ0) is 13.8. The third-order valence-electron chi connectivity index (χ3n) is 3.75. The summed E-state index contributed by atoms with van der Waals surface area (Å²) in [5.74, 6) is 0.563. The van der Waals surface area contributed by atoms with E-state index < -0.39 is 0 Å². The molecule has 4 heteroatoms. The number of nitrogens with two attached hydrogens (primary N) is 1. The van der Waals surface area contributed by atoms with Crippen LogP contribution in [0, 0.1) is 0 Å². The van der Waals surface area contributed by atoms with Crippen molar-refractivity contribution in [3.05, 3.63) is 29.8 Å². The van der Waals surface area contributed by atoms with Crippen molar-refractivity contribution in [2.75, 3.05) is 18.4 Å². The summed E-state index contributed by atoms with van der Waals surface area (Å²) in [7, 11) is 0. The number of nitrogens with one attached hydrogen (secondary N) is 1. The highest BCUT2D eigenvalue weighted by Crippen LogP contribution is 2.20. The molecule has 19 heavy (non-hydrogen) atoms. The first-order valence-corrected chi connectivity index (χ1v) is 6.97. The van der Waals surface area contributed by atoms with Crippen LogP contribution in [0.3, 0.4) is 0 Å². The van der Waals surface area contributed by atoms with Crippen LogP contribution < -0.4 is 11.1 Å². The van der Waals surface area contributed by atoms with Gasteiger partial charge < -0.3 is 16.0 Å². The number of hydrogen-bond acceptors (Lipinski definition) is 2. The number of nitrogens with zero attached hydrogens (tertiary/aromatic N) is 1. The molecule has 0 aliphatic carbocycles. The van der Waals surface area contributed by atoms with Crippen LogP contribution in [0.5, 0.6) is 0 Å².